The van der Waals surface area contributed by atoms with Crippen LogP contribution in [0.5, 0.6) is 0 Å². The van der Waals surface area contributed by atoms with Gasteiger partial charge in [0.05, 0.1) is 11.6 Å². The summed E-state index contributed by atoms with van der Waals surface area (Å²) in [6.07, 6.45) is 0. The van der Waals surface area contributed by atoms with Crippen LogP contribution in [0.2, 0.25) is 0 Å². The van der Waals surface area contributed by atoms with Crippen molar-refractivity contribution in [1.82, 2.24) is 4.90 Å². The fourth-order valence-electron chi connectivity index (χ4n) is 3.05. The second-order valence-corrected chi connectivity index (χ2v) is 6.84. The first-order chi connectivity index (χ1) is 13.0. The van der Waals surface area contributed by atoms with Crippen LogP contribution in [0.15, 0.2) is 48.5 Å². The molecule has 2 aromatic rings. The number of hydrogen-bond donors (Lipinski definition) is 1. The maximum absolute atomic E-state index is 12.6. The maximum Gasteiger partial charge on any atom is 0.325 e. The van der Waals surface area contributed by atoms with Crippen molar-refractivity contribution in [1.29, 1.82) is 5.26 Å². The van der Waals surface area contributed by atoms with Crippen molar-refractivity contribution in [3.63, 3.8) is 0 Å². The summed E-state index contributed by atoms with van der Waals surface area (Å²) in [6.45, 7) is 5.29. The van der Waals surface area contributed by atoms with Gasteiger partial charge in [0.2, 0.25) is 5.91 Å². The van der Waals surface area contributed by atoms with Crippen molar-refractivity contribution in [3.8, 4) is 6.07 Å². The molecule has 1 heterocycles. The molecule has 6 nitrogen and oxygen atoms in total. The highest BCUT2D eigenvalue weighted by atomic mass is 16.2. The monoisotopic (exact) mass is 362 g/mol. The van der Waals surface area contributed by atoms with Gasteiger partial charge < -0.3 is 10.2 Å². The lowest BCUT2D eigenvalue weighted by molar-refractivity contribution is -0.116. The Bertz CT molecular complexity index is 884. The van der Waals surface area contributed by atoms with E-state index < -0.39 is 0 Å². The molecule has 1 fully saturated rings. The Morgan fingerprint density at radius 3 is 2.59 bits per heavy atom. The van der Waals surface area contributed by atoms with Gasteiger partial charge in [-0.25, -0.2) is 4.79 Å². The average molecular weight is 362 g/mol. The molecule has 0 saturated carbocycles. The minimum Gasteiger partial charge on any atom is -0.325 e. The Labute approximate surface area is 159 Å². The number of carbonyl (C=O) groups is 2. The second kappa shape index (κ2) is 7.92. The number of rotatable bonds is 5. The minimum absolute atomic E-state index is 0.0177. The maximum atomic E-state index is 12.6. The van der Waals surface area contributed by atoms with E-state index in [9.17, 15) is 9.59 Å². The van der Waals surface area contributed by atoms with E-state index in [4.69, 9.17) is 5.26 Å². The summed E-state index contributed by atoms with van der Waals surface area (Å²) in [5.41, 5.74) is 3.09. The highest BCUT2D eigenvalue weighted by Crippen LogP contribution is 2.23. The molecule has 0 spiro atoms. The molecule has 6 heteroatoms. The molecule has 2 aromatic carbocycles. The Morgan fingerprint density at radius 1 is 1.19 bits per heavy atom. The molecular formula is C21H22N4O2. The summed E-state index contributed by atoms with van der Waals surface area (Å²) < 4.78 is 0. The molecule has 1 N–H and O–H groups in total. The molecule has 0 atom stereocenters. The molecule has 0 aromatic heterocycles. The Kier molecular flexibility index (Phi) is 5.41. The van der Waals surface area contributed by atoms with Gasteiger partial charge in [-0.1, -0.05) is 32.0 Å². The fourth-order valence-corrected chi connectivity index (χ4v) is 3.05. The van der Waals surface area contributed by atoms with Crippen LogP contribution in [0.1, 0.15) is 30.9 Å². The van der Waals surface area contributed by atoms with E-state index in [1.807, 2.05) is 30.3 Å². The quantitative estimate of drug-likeness (QED) is 0.883. The van der Waals surface area contributed by atoms with Crippen molar-refractivity contribution in [2.24, 2.45) is 0 Å². The van der Waals surface area contributed by atoms with E-state index in [1.54, 1.807) is 29.2 Å². The molecule has 138 valence electrons. The van der Waals surface area contributed by atoms with E-state index in [-0.39, 0.29) is 18.5 Å². The predicted molar refractivity (Wildman–Crippen MR) is 105 cm³/mol. The topological polar surface area (TPSA) is 76.4 Å². The van der Waals surface area contributed by atoms with Gasteiger partial charge in [-0.3, -0.25) is 9.69 Å². The van der Waals surface area contributed by atoms with Crippen LogP contribution in [0, 0.1) is 11.3 Å². The van der Waals surface area contributed by atoms with Crippen LogP contribution < -0.4 is 10.2 Å². The normalized spacial score (nSPS) is 13.8. The van der Waals surface area contributed by atoms with E-state index in [0.29, 0.717) is 30.3 Å². The molecular weight excluding hydrogens is 340 g/mol. The largest absolute Gasteiger partial charge is 0.325 e. The molecule has 1 aliphatic rings. The van der Waals surface area contributed by atoms with Crippen LogP contribution in [0.25, 0.3) is 0 Å². The van der Waals surface area contributed by atoms with Gasteiger partial charge in [0.1, 0.15) is 6.54 Å². The summed E-state index contributed by atoms with van der Waals surface area (Å²) in [7, 11) is 0. The lowest BCUT2D eigenvalue weighted by Gasteiger charge is -2.19. The molecule has 0 radical (unpaired) electrons. The highest BCUT2D eigenvalue weighted by Gasteiger charge is 2.30. The first-order valence-electron chi connectivity index (χ1n) is 8.94. The van der Waals surface area contributed by atoms with Gasteiger partial charge in [0, 0.05) is 24.5 Å². The van der Waals surface area contributed by atoms with Gasteiger partial charge >= 0.3 is 6.03 Å². The van der Waals surface area contributed by atoms with Gasteiger partial charge in [-0.2, -0.15) is 5.26 Å². The van der Waals surface area contributed by atoms with E-state index in [0.717, 1.165) is 5.69 Å². The third-order valence-electron chi connectivity index (χ3n) is 4.58. The lowest BCUT2D eigenvalue weighted by Crippen LogP contribution is -2.37. The van der Waals surface area contributed by atoms with Crippen LogP contribution in [0.3, 0.4) is 0 Å². The van der Waals surface area contributed by atoms with Crippen LogP contribution >= 0.6 is 0 Å². The predicted octanol–water partition coefficient (Wildman–Crippen LogP) is 3.56. The Morgan fingerprint density at radius 2 is 1.93 bits per heavy atom. The number of urea groups is 1. The van der Waals surface area contributed by atoms with E-state index in [2.05, 4.69) is 19.2 Å². The third kappa shape index (κ3) is 4.26. The zero-order valence-corrected chi connectivity index (χ0v) is 15.5. The van der Waals surface area contributed by atoms with E-state index in [1.165, 1.54) is 10.5 Å². The van der Waals surface area contributed by atoms with Gasteiger partial charge in [-0.05, 0) is 41.8 Å². The number of benzene rings is 2. The zero-order valence-electron chi connectivity index (χ0n) is 15.5. The molecule has 1 saturated heterocycles. The van der Waals surface area contributed by atoms with Crippen molar-refractivity contribution in [3.05, 3.63) is 59.7 Å². The summed E-state index contributed by atoms with van der Waals surface area (Å²) in [5.74, 6) is 0.156. The highest BCUT2D eigenvalue weighted by molar-refractivity contribution is 5.99. The first kappa shape index (κ1) is 18.5. The summed E-state index contributed by atoms with van der Waals surface area (Å²) >= 11 is 0. The van der Waals surface area contributed by atoms with Crippen LogP contribution in [0.4, 0.5) is 16.2 Å². The number of nitrogens with one attached hydrogen (secondary N) is 1. The van der Waals surface area contributed by atoms with E-state index >= 15 is 0 Å². The number of carbonyl (C=O) groups excluding carboxylic acids is 2. The van der Waals surface area contributed by atoms with Gasteiger partial charge in [-0.15, -0.1) is 0 Å². The molecule has 3 amide bonds. The smallest absolute Gasteiger partial charge is 0.325 e. The van der Waals surface area contributed by atoms with Gasteiger partial charge in [0.15, 0.2) is 0 Å². The third-order valence-corrected chi connectivity index (χ3v) is 4.58. The lowest BCUT2D eigenvalue weighted by atomic mass is 10.0. The fraction of sp³-hybridized carbons (Fsp3) is 0.286. The molecule has 3 rings (SSSR count). The zero-order chi connectivity index (χ0) is 19.4. The van der Waals surface area contributed by atoms with Crippen molar-refractivity contribution < 1.29 is 9.59 Å². The molecule has 27 heavy (non-hydrogen) atoms. The molecule has 0 aliphatic carbocycles. The minimum atomic E-state index is -0.282. The number of amides is 3. The van der Waals surface area contributed by atoms with Crippen molar-refractivity contribution in [2.75, 3.05) is 29.9 Å². The van der Waals surface area contributed by atoms with Crippen molar-refractivity contribution >= 4 is 23.3 Å². The molecule has 0 bridgehead atoms. The SMILES string of the molecule is CC(C)c1ccc(N2CCN(CC(=O)Nc3cccc(C#N)c3)C2=O)cc1. The van der Waals surface area contributed by atoms with Crippen LogP contribution in [-0.2, 0) is 4.79 Å². The second-order valence-electron chi connectivity index (χ2n) is 6.84. The number of nitrogens with zero attached hydrogens (tertiary/aromatic N) is 3. The standard InChI is InChI=1S/C21H22N4O2/c1-15(2)17-6-8-19(9-7-17)25-11-10-24(21(25)27)14-20(26)23-18-5-3-4-16(12-18)13-22/h3-9,12,15H,10-11,14H2,1-2H3,(H,23,26). The first-order valence-corrected chi connectivity index (χ1v) is 8.94. The summed E-state index contributed by atoms with van der Waals surface area (Å²) in [4.78, 5) is 28.1. The number of anilines is 2. The summed E-state index contributed by atoms with van der Waals surface area (Å²) in [6, 6.07) is 16.5. The summed E-state index contributed by atoms with van der Waals surface area (Å²) in [5, 5.41) is 11.7. The van der Waals surface area contributed by atoms with Crippen LogP contribution in [-0.4, -0.2) is 36.5 Å². The van der Waals surface area contributed by atoms with Crippen molar-refractivity contribution in [2.45, 2.75) is 19.8 Å². The number of nitriles is 1. The Hall–Kier alpha value is -3.33. The van der Waals surface area contributed by atoms with Gasteiger partial charge in [0.25, 0.3) is 0 Å². The average Bonchev–Trinajstić information content (AvgIpc) is 3.02. The molecule has 1 aliphatic heterocycles. The number of hydrogen-bond acceptors (Lipinski definition) is 3. The Balaban J connectivity index is 1.61. The molecule has 0 unspecified atom stereocenters.